The van der Waals surface area contributed by atoms with Crippen molar-refractivity contribution in [1.82, 2.24) is 5.32 Å². The van der Waals surface area contributed by atoms with Gasteiger partial charge in [-0.3, -0.25) is 9.00 Å². The molecular weight excluding hydrogens is 244 g/mol. The molecule has 1 aromatic rings. The van der Waals surface area contributed by atoms with Gasteiger partial charge in [-0.25, -0.2) is 0 Å². The molecule has 0 bridgehead atoms. The molecule has 1 amide bonds. The maximum absolute atomic E-state index is 11.7. The van der Waals surface area contributed by atoms with Gasteiger partial charge in [-0.05, 0) is 18.6 Å². The van der Waals surface area contributed by atoms with Gasteiger partial charge in [0, 0.05) is 28.3 Å². The molecule has 0 saturated carbocycles. The van der Waals surface area contributed by atoms with Crippen molar-refractivity contribution in [3.05, 3.63) is 21.9 Å². The Morgan fingerprint density at radius 2 is 2.44 bits per heavy atom. The number of carbonyl (C=O) groups is 1. The molecule has 2 unspecified atom stereocenters. The fourth-order valence-electron chi connectivity index (χ4n) is 1.56. The smallest absolute Gasteiger partial charge is 0.261 e. The summed E-state index contributed by atoms with van der Waals surface area (Å²) < 4.78 is 11.1. The maximum atomic E-state index is 11.7. The van der Waals surface area contributed by atoms with E-state index in [2.05, 4.69) is 5.32 Å². The molecule has 0 aromatic carbocycles. The molecular formula is C10H10N2O2S2. The molecule has 6 heteroatoms. The van der Waals surface area contributed by atoms with Crippen LogP contribution in [0.4, 0.5) is 0 Å². The van der Waals surface area contributed by atoms with E-state index in [9.17, 15) is 9.00 Å². The molecule has 0 radical (unpaired) electrons. The van der Waals surface area contributed by atoms with Gasteiger partial charge in [0.05, 0.1) is 4.88 Å². The summed E-state index contributed by atoms with van der Waals surface area (Å²) in [7, 11) is -0.786. The number of hydrogen-bond donors (Lipinski definition) is 1. The summed E-state index contributed by atoms with van der Waals surface area (Å²) in [5.74, 6) is 1.04. The predicted octanol–water partition coefficient (Wildman–Crippen LogP) is 0.871. The van der Waals surface area contributed by atoms with E-state index in [0.717, 1.165) is 6.42 Å². The highest BCUT2D eigenvalue weighted by Gasteiger charge is 2.23. The molecule has 2 heterocycles. The average molecular weight is 254 g/mol. The Morgan fingerprint density at radius 3 is 3.00 bits per heavy atom. The molecule has 1 aliphatic heterocycles. The third-order valence-corrected chi connectivity index (χ3v) is 4.81. The molecule has 0 spiro atoms. The molecule has 2 rings (SSSR count). The van der Waals surface area contributed by atoms with Gasteiger partial charge in [0.2, 0.25) is 0 Å². The van der Waals surface area contributed by atoms with Crippen molar-refractivity contribution in [3.8, 4) is 6.07 Å². The van der Waals surface area contributed by atoms with Crippen LogP contribution in [0.15, 0.2) is 12.1 Å². The second kappa shape index (κ2) is 4.76. The van der Waals surface area contributed by atoms with E-state index in [1.807, 2.05) is 6.07 Å². The number of nitriles is 1. The molecule has 1 fully saturated rings. The van der Waals surface area contributed by atoms with Crippen molar-refractivity contribution in [1.29, 1.82) is 5.26 Å². The number of thiophene rings is 1. The topological polar surface area (TPSA) is 70.0 Å². The van der Waals surface area contributed by atoms with Crippen LogP contribution in [0.25, 0.3) is 0 Å². The van der Waals surface area contributed by atoms with E-state index in [1.165, 1.54) is 11.3 Å². The first-order valence-electron chi connectivity index (χ1n) is 4.85. The Hall–Kier alpha value is -1.19. The summed E-state index contributed by atoms with van der Waals surface area (Å²) in [5, 5.41) is 11.5. The van der Waals surface area contributed by atoms with Crippen LogP contribution in [0.2, 0.25) is 0 Å². The second-order valence-corrected chi connectivity index (χ2v) is 6.25. The SMILES string of the molecule is N#Cc1ccc(C(=O)NC2CCS(=O)C2)s1. The normalized spacial score (nSPS) is 23.9. The van der Waals surface area contributed by atoms with Crippen LogP contribution in [-0.2, 0) is 10.8 Å². The first-order valence-corrected chi connectivity index (χ1v) is 7.15. The van der Waals surface area contributed by atoms with E-state index in [1.54, 1.807) is 12.1 Å². The van der Waals surface area contributed by atoms with E-state index in [4.69, 9.17) is 5.26 Å². The fourth-order valence-corrected chi connectivity index (χ4v) is 3.67. The van der Waals surface area contributed by atoms with E-state index < -0.39 is 10.8 Å². The third-order valence-electron chi connectivity index (χ3n) is 2.36. The Morgan fingerprint density at radius 1 is 1.62 bits per heavy atom. The van der Waals surface area contributed by atoms with Crippen LogP contribution in [0.5, 0.6) is 0 Å². The number of carbonyl (C=O) groups excluding carboxylic acids is 1. The molecule has 0 aliphatic carbocycles. The van der Waals surface area contributed by atoms with Crippen LogP contribution in [0, 0.1) is 11.3 Å². The lowest BCUT2D eigenvalue weighted by Gasteiger charge is -2.09. The lowest BCUT2D eigenvalue weighted by molar-refractivity contribution is 0.0945. The van der Waals surface area contributed by atoms with E-state index in [-0.39, 0.29) is 11.9 Å². The summed E-state index contributed by atoms with van der Waals surface area (Å²) in [4.78, 5) is 12.8. The monoisotopic (exact) mass is 254 g/mol. The minimum Gasteiger partial charge on any atom is -0.348 e. The first kappa shape index (κ1) is 11.3. The van der Waals surface area contributed by atoms with Crippen molar-refractivity contribution in [3.63, 3.8) is 0 Å². The largest absolute Gasteiger partial charge is 0.348 e. The Balaban J connectivity index is 1.98. The Labute approximate surface area is 99.7 Å². The average Bonchev–Trinajstić information content (AvgIpc) is 2.87. The maximum Gasteiger partial charge on any atom is 0.261 e. The predicted molar refractivity (Wildman–Crippen MR) is 62.8 cm³/mol. The summed E-state index contributed by atoms with van der Waals surface area (Å²) in [6.45, 7) is 0. The number of nitrogens with zero attached hydrogens (tertiary/aromatic N) is 1. The lowest BCUT2D eigenvalue weighted by atomic mass is 10.2. The highest BCUT2D eigenvalue weighted by Crippen LogP contribution is 2.16. The minimum absolute atomic E-state index is 0.0148. The molecule has 1 saturated heterocycles. The molecule has 4 nitrogen and oxygen atoms in total. The molecule has 1 N–H and O–H groups in total. The Bertz CT molecular complexity index is 475. The fraction of sp³-hybridized carbons (Fsp3) is 0.400. The van der Waals surface area contributed by atoms with Gasteiger partial charge in [-0.1, -0.05) is 0 Å². The van der Waals surface area contributed by atoms with E-state index >= 15 is 0 Å². The van der Waals surface area contributed by atoms with Gasteiger partial charge in [-0.2, -0.15) is 5.26 Å². The highest BCUT2D eigenvalue weighted by atomic mass is 32.2. The highest BCUT2D eigenvalue weighted by molar-refractivity contribution is 7.85. The molecule has 1 aromatic heterocycles. The zero-order valence-corrected chi connectivity index (χ0v) is 10.1. The van der Waals surface area contributed by atoms with Crippen molar-refractivity contribution < 1.29 is 9.00 Å². The van der Waals surface area contributed by atoms with Crippen LogP contribution < -0.4 is 5.32 Å². The molecule has 1 aliphatic rings. The summed E-state index contributed by atoms with van der Waals surface area (Å²) >= 11 is 1.18. The quantitative estimate of drug-likeness (QED) is 0.851. The molecule has 84 valence electrons. The summed E-state index contributed by atoms with van der Waals surface area (Å²) in [6.07, 6.45) is 0.773. The zero-order chi connectivity index (χ0) is 11.5. The van der Waals surface area contributed by atoms with Crippen molar-refractivity contribution in [2.45, 2.75) is 12.5 Å². The summed E-state index contributed by atoms with van der Waals surface area (Å²) in [6, 6.07) is 5.28. The van der Waals surface area contributed by atoms with Crippen molar-refractivity contribution >= 4 is 28.0 Å². The first-order chi connectivity index (χ1) is 7.69. The van der Waals surface area contributed by atoms with Crippen LogP contribution in [0.1, 0.15) is 21.0 Å². The molecule has 16 heavy (non-hydrogen) atoms. The van der Waals surface area contributed by atoms with Gasteiger partial charge < -0.3 is 5.32 Å². The molecule has 2 atom stereocenters. The van der Waals surface area contributed by atoms with Crippen molar-refractivity contribution in [2.24, 2.45) is 0 Å². The van der Waals surface area contributed by atoms with Gasteiger partial charge in [0.1, 0.15) is 10.9 Å². The third kappa shape index (κ3) is 2.49. The van der Waals surface area contributed by atoms with Crippen LogP contribution in [-0.4, -0.2) is 27.7 Å². The van der Waals surface area contributed by atoms with Crippen LogP contribution >= 0.6 is 11.3 Å². The van der Waals surface area contributed by atoms with Crippen LogP contribution in [0.3, 0.4) is 0 Å². The second-order valence-electron chi connectivity index (χ2n) is 3.55. The lowest BCUT2D eigenvalue weighted by Crippen LogP contribution is -2.34. The minimum atomic E-state index is -0.786. The number of hydrogen-bond acceptors (Lipinski definition) is 4. The van der Waals surface area contributed by atoms with Gasteiger partial charge >= 0.3 is 0 Å². The number of amides is 1. The summed E-state index contributed by atoms with van der Waals surface area (Å²) in [5.41, 5.74) is 0. The Kier molecular flexibility index (Phi) is 3.36. The number of rotatable bonds is 2. The number of nitrogens with one attached hydrogen (secondary N) is 1. The zero-order valence-electron chi connectivity index (χ0n) is 8.43. The van der Waals surface area contributed by atoms with Crippen molar-refractivity contribution in [2.75, 3.05) is 11.5 Å². The van der Waals surface area contributed by atoms with Gasteiger partial charge in [0.25, 0.3) is 5.91 Å². The standard InChI is InChI=1S/C10H10N2O2S2/c11-5-8-1-2-9(15-8)10(13)12-7-3-4-16(14)6-7/h1-2,7H,3-4,6H2,(H,12,13). The van der Waals surface area contributed by atoms with Gasteiger partial charge in [-0.15, -0.1) is 11.3 Å². The van der Waals surface area contributed by atoms with E-state index in [0.29, 0.717) is 21.3 Å². The van der Waals surface area contributed by atoms with Gasteiger partial charge in [0.15, 0.2) is 0 Å².